The summed E-state index contributed by atoms with van der Waals surface area (Å²) in [5.74, 6) is -0.383. The first-order valence-electron chi connectivity index (χ1n) is 7.74. The number of carbonyl (C=O) groups is 2. The lowest BCUT2D eigenvalue weighted by Crippen LogP contribution is -2.43. The number of Topliss-reactive ketones (excluding diaryl/α,β-unsaturated/α-hetero) is 2. The zero-order valence-electron chi connectivity index (χ0n) is 13.1. The third-order valence-electron chi connectivity index (χ3n) is 4.00. The summed E-state index contributed by atoms with van der Waals surface area (Å²) in [6.45, 7) is 2.61. The molecule has 1 aliphatic carbocycles. The van der Waals surface area contributed by atoms with E-state index in [1.807, 2.05) is 4.90 Å². The molecule has 0 unspecified atom stereocenters. The molecule has 1 N–H and O–H groups in total. The summed E-state index contributed by atoms with van der Waals surface area (Å²) in [5.41, 5.74) is 9.82. The summed E-state index contributed by atoms with van der Waals surface area (Å²) in [5, 5.41) is 6.43. The maximum atomic E-state index is 12.9. The van der Waals surface area contributed by atoms with Crippen LogP contribution >= 0.6 is 0 Å². The van der Waals surface area contributed by atoms with Crippen molar-refractivity contribution in [1.29, 1.82) is 0 Å². The first-order chi connectivity index (χ1) is 11.7. The van der Waals surface area contributed by atoms with Crippen LogP contribution in [-0.4, -0.2) is 55.9 Å². The molecule has 1 aromatic carbocycles. The Balaban J connectivity index is 1.99. The highest BCUT2D eigenvalue weighted by atomic mass is 16.5. The van der Waals surface area contributed by atoms with E-state index in [0.717, 1.165) is 0 Å². The van der Waals surface area contributed by atoms with E-state index < -0.39 is 0 Å². The van der Waals surface area contributed by atoms with Crippen LogP contribution in [0.1, 0.15) is 20.7 Å². The van der Waals surface area contributed by atoms with E-state index in [9.17, 15) is 9.59 Å². The maximum Gasteiger partial charge on any atom is 0.212 e. The van der Waals surface area contributed by atoms with Crippen LogP contribution < -0.4 is 5.32 Å². The van der Waals surface area contributed by atoms with Crippen molar-refractivity contribution in [2.45, 2.75) is 0 Å². The quantitative estimate of drug-likeness (QED) is 0.382. The fourth-order valence-electron chi connectivity index (χ4n) is 2.89. The number of azide groups is 1. The number of fused-ring (bicyclic) bond motifs is 1. The van der Waals surface area contributed by atoms with E-state index in [-0.39, 0.29) is 30.4 Å². The number of ketones is 2. The van der Waals surface area contributed by atoms with Gasteiger partial charge in [-0.15, -0.1) is 0 Å². The van der Waals surface area contributed by atoms with Crippen LogP contribution in [0.2, 0.25) is 0 Å². The van der Waals surface area contributed by atoms with Crippen molar-refractivity contribution in [3.05, 3.63) is 57.2 Å². The first kappa shape index (κ1) is 16.0. The van der Waals surface area contributed by atoms with Crippen LogP contribution in [0.15, 0.2) is 40.8 Å². The second-order valence-corrected chi connectivity index (χ2v) is 5.41. The Kier molecular flexibility index (Phi) is 4.79. The van der Waals surface area contributed by atoms with E-state index in [1.165, 1.54) is 0 Å². The van der Waals surface area contributed by atoms with Crippen molar-refractivity contribution in [2.24, 2.45) is 5.11 Å². The topological polar surface area (TPSA) is 107 Å². The SMILES string of the molecule is [N-]=[N+]=NCCNC1=C(N2CCOCC2)C(=O)c2ccccc2C1=O. The van der Waals surface area contributed by atoms with Gasteiger partial charge in [-0.25, -0.2) is 0 Å². The van der Waals surface area contributed by atoms with Gasteiger partial charge < -0.3 is 15.0 Å². The molecule has 8 heteroatoms. The normalized spacial score (nSPS) is 17.4. The minimum absolute atomic E-state index is 0.168. The average molecular weight is 327 g/mol. The Labute approximate surface area is 138 Å². The van der Waals surface area contributed by atoms with Gasteiger partial charge in [-0.3, -0.25) is 9.59 Å². The summed E-state index contributed by atoms with van der Waals surface area (Å²) < 4.78 is 5.33. The van der Waals surface area contributed by atoms with E-state index in [2.05, 4.69) is 15.3 Å². The van der Waals surface area contributed by atoms with Gasteiger partial charge in [-0.1, -0.05) is 29.4 Å². The number of rotatable bonds is 5. The molecular weight excluding hydrogens is 310 g/mol. The fraction of sp³-hybridized carbons (Fsp3) is 0.375. The second-order valence-electron chi connectivity index (χ2n) is 5.41. The van der Waals surface area contributed by atoms with E-state index in [4.69, 9.17) is 10.3 Å². The molecule has 8 nitrogen and oxygen atoms in total. The van der Waals surface area contributed by atoms with Crippen molar-refractivity contribution in [2.75, 3.05) is 39.4 Å². The molecule has 3 rings (SSSR count). The van der Waals surface area contributed by atoms with Gasteiger partial charge >= 0.3 is 0 Å². The molecular formula is C16H17N5O3. The molecule has 1 heterocycles. The Bertz CT molecular complexity index is 746. The zero-order chi connectivity index (χ0) is 16.9. The number of hydrogen-bond donors (Lipinski definition) is 1. The van der Waals surface area contributed by atoms with Crippen molar-refractivity contribution < 1.29 is 14.3 Å². The van der Waals surface area contributed by atoms with Gasteiger partial charge in [0.05, 0.1) is 13.2 Å². The van der Waals surface area contributed by atoms with Gasteiger partial charge in [0.1, 0.15) is 11.4 Å². The molecule has 124 valence electrons. The van der Waals surface area contributed by atoms with Crippen molar-refractivity contribution in [3.8, 4) is 0 Å². The largest absolute Gasteiger partial charge is 0.380 e. The number of allylic oxidation sites excluding steroid dienone is 2. The van der Waals surface area contributed by atoms with Gasteiger partial charge in [0.25, 0.3) is 0 Å². The highest BCUT2D eigenvalue weighted by molar-refractivity contribution is 6.26. The first-order valence-corrected chi connectivity index (χ1v) is 7.74. The van der Waals surface area contributed by atoms with Gasteiger partial charge in [0.2, 0.25) is 11.6 Å². The zero-order valence-corrected chi connectivity index (χ0v) is 13.1. The molecule has 2 aliphatic rings. The van der Waals surface area contributed by atoms with E-state index >= 15 is 0 Å². The highest BCUT2D eigenvalue weighted by Gasteiger charge is 2.35. The number of carbonyl (C=O) groups excluding carboxylic acids is 2. The summed E-state index contributed by atoms with van der Waals surface area (Å²) in [6, 6.07) is 6.82. The molecule has 0 bridgehead atoms. The molecule has 0 atom stereocenters. The minimum Gasteiger partial charge on any atom is -0.380 e. The number of nitrogens with one attached hydrogen (secondary N) is 1. The van der Waals surface area contributed by atoms with Gasteiger partial charge in [-0.05, 0) is 5.53 Å². The van der Waals surface area contributed by atoms with Gasteiger partial charge in [-0.2, -0.15) is 0 Å². The minimum atomic E-state index is -0.215. The lowest BCUT2D eigenvalue weighted by atomic mass is 9.89. The molecule has 0 aromatic heterocycles. The molecule has 0 amide bonds. The lowest BCUT2D eigenvalue weighted by Gasteiger charge is -2.34. The third-order valence-corrected chi connectivity index (χ3v) is 4.00. The highest BCUT2D eigenvalue weighted by Crippen LogP contribution is 2.27. The summed E-state index contributed by atoms with van der Waals surface area (Å²) >= 11 is 0. The fourth-order valence-corrected chi connectivity index (χ4v) is 2.89. The van der Waals surface area contributed by atoms with E-state index in [0.29, 0.717) is 43.1 Å². The molecule has 0 spiro atoms. The standard InChI is InChI=1S/C16H17N5O3/c17-20-19-6-5-18-13-14(21-7-9-24-10-8-21)16(23)12-4-2-1-3-11(12)15(13)22/h1-4,18H,5-10H2. The molecule has 1 aromatic rings. The third kappa shape index (κ3) is 2.97. The summed E-state index contributed by atoms with van der Waals surface area (Å²) in [4.78, 5) is 30.4. The van der Waals surface area contributed by atoms with Crippen LogP contribution in [0, 0.1) is 0 Å². The molecule has 0 saturated carbocycles. The lowest BCUT2D eigenvalue weighted by molar-refractivity contribution is 0.0492. The predicted octanol–water partition coefficient (Wildman–Crippen LogP) is 1.51. The van der Waals surface area contributed by atoms with E-state index in [1.54, 1.807) is 24.3 Å². The number of morpholine rings is 1. The van der Waals surface area contributed by atoms with Crippen molar-refractivity contribution in [1.82, 2.24) is 10.2 Å². The van der Waals surface area contributed by atoms with Crippen LogP contribution in [-0.2, 0) is 4.74 Å². The molecule has 1 fully saturated rings. The Hall–Kier alpha value is -2.83. The van der Waals surface area contributed by atoms with Crippen molar-refractivity contribution in [3.63, 3.8) is 0 Å². The Morgan fingerprint density at radius 3 is 2.50 bits per heavy atom. The molecule has 24 heavy (non-hydrogen) atoms. The smallest absolute Gasteiger partial charge is 0.212 e. The molecule has 1 aliphatic heterocycles. The number of hydrogen-bond acceptors (Lipinski definition) is 6. The number of benzene rings is 1. The maximum absolute atomic E-state index is 12.9. The second kappa shape index (κ2) is 7.16. The molecule has 1 saturated heterocycles. The monoisotopic (exact) mass is 327 g/mol. The number of ether oxygens (including phenoxy) is 1. The van der Waals surface area contributed by atoms with Crippen LogP contribution in [0.4, 0.5) is 0 Å². The molecule has 0 radical (unpaired) electrons. The Morgan fingerprint density at radius 2 is 1.83 bits per heavy atom. The Morgan fingerprint density at radius 1 is 1.17 bits per heavy atom. The van der Waals surface area contributed by atoms with Crippen molar-refractivity contribution >= 4 is 11.6 Å². The van der Waals surface area contributed by atoms with Crippen LogP contribution in [0.5, 0.6) is 0 Å². The predicted molar refractivity (Wildman–Crippen MR) is 86.5 cm³/mol. The summed E-state index contributed by atoms with van der Waals surface area (Å²) in [6.07, 6.45) is 0. The average Bonchev–Trinajstić information content (AvgIpc) is 2.63. The van der Waals surface area contributed by atoms with Gasteiger partial charge in [0.15, 0.2) is 0 Å². The van der Waals surface area contributed by atoms with Gasteiger partial charge in [0, 0.05) is 42.2 Å². The van der Waals surface area contributed by atoms with Crippen LogP contribution in [0.25, 0.3) is 10.4 Å². The summed E-state index contributed by atoms with van der Waals surface area (Å²) in [7, 11) is 0. The van der Waals surface area contributed by atoms with Crippen LogP contribution in [0.3, 0.4) is 0 Å². The number of nitrogens with zero attached hydrogens (tertiary/aromatic N) is 4.